The molecule has 1 atom stereocenters. The molecule has 0 bridgehead atoms. The Bertz CT molecular complexity index is 1610. The molecule has 0 aromatic heterocycles. The average molecular weight is 584 g/mol. The minimum absolute atomic E-state index is 0.0768. The minimum atomic E-state index is -5.30. The quantitative estimate of drug-likeness (QED) is 0.239. The Balaban J connectivity index is 1.74. The van der Waals surface area contributed by atoms with Gasteiger partial charge in [-0.1, -0.05) is 72.8 Å². The number of hydrogen-bond donors (Lipinski definition) is 1. The molecule has 0 radical (unpaired) electrons. The number of anilines is 1. The zero-order chi connectivity index (χ0) is 29.8. The molecule has 41 heavy (non-hydrogen) atoms. The van der Waals surface area contributed by atoms with Crippen LogP contribution in [0, 0.1) is 0 Å². The average Bonchev–Trinajstić information content (AvgIpc) is 2.94. The third-order valence-corrected chi connectivity index (χ3v) is 8.01. The Labute approximate surface area is 237 Å². The third-order valence-electron chi connectivity index (χ3n) is 6.13. The lowest BCUT2D eigenvalue weighted by Gasteiger charge is -2.31. The number of amides is 1. The Hall–Kier alpha value is -4.02. The van der Waals surface area contributed by atoms with E-state index < -0.39 is 44.3 Å². The molecule has 0 aliphatic heterocycles. The number of hydrogen-bond acceptors (Lipinski definition) is 6. The lowest BCUT2D eigenvalue weighted by atomic mass is 10.1. The summed E-state index contributed by atoms with van der Waals surface area (Å²) in [5.41, 5.74) is -0.0530. The highest BCUT2D eigenvalue weighted by atomic mass is 32.2. The number of aliphatic hydroxyl groups excluding tert-OH is 1. The van der Waals surface area contributed by atoms with E-state index in [4.69, 9.17) is 9.47 Å². The molecule has 216 valence electrons. The van der Waals surface area contributed by atoms with E-state index in [1.54, 1.807) is 39.0 Å². The van der Waals surface area contributed by atoms with Crippen molar-refractivity contribution in [2.24, 2.45) is 0 Å². The van der Waals surface area contributed by atoms with Gasteiger partial charge in [0.1, 0.15) is 18.0 Å². The van der Waals surface area contributed by atoms with Gasteiger partial charge in [0.2, 0.25) is 9.84 Å². The third kappa shape index (κ3) is 6.83. The Morgan fingerprint density at radius 3 is 2.12 bits per heavy atom. The summed E-state index contributed by atoms with van der Waals surface area (Å²) in [5.74, 6) is 0.355. The van der Waals surface area contributed by atoms with Gasteiger partial charge in [0, 0.05) is 11.5 Å². The van der Waals surface area contributed by atoms with Crippen LogP contribution in [-0.4, -0.2) is 43.1 Å². The molecule has 0 aliphatic carbocycles. The summed E-state index contributed by atoms with van der Waals surface area (Å²) in [6.07, 6.45) is -3.84. The van der Waals surface area contributed by atoms with Gasteiger partial charge in [-0.3, -0.25) is 4.90 Å². The largest absolute Gasteiger partial charge is 0.488 e. The van der Waals surface area contributed by atoms with E-state index in [-0.39, 0.29) is 12.3 Å². The van der Waals surface area contributed by atoms with Gasteiger partial charge in [-0.2, -0.15) is 8.78 Å². The summed E-state index contributed by atoms with van der Waals surface area (Å²) >= 11 is 0. The van der Waals surface area contributed by atoms with Crippen molar-refractivity contribution in [3.8, 4) is 5.75 Å². The van der Waals surface area contributed by atoms with E-state index in [0.717, 1.165) is 22.6 Å². The van der Waals surface area contributed by atoms with Crippen molar-refractivity contribution in [1.82, 2.24) is 0 Å². The lowest BCUT2D eigenvalue weighted by Crippen LogP contribution is -2.50. The second-order valence-electron chi connectivity index (χ2n) is 10.4. The van der Waals surface area contributed by atoms with Gasteiger partial charge in [-0.25, -0.2) is 13.2 Å². The van der Waals surface area contributed by atoms with Crippen molar-refractivity contribution in [1.29, 1.82) is 0 Å². The van der Waals surface area contributed by atoms with E-state index >= 15 is 8.78 Å². The van der Waals surface area contributed by atoms with Gasteiger partial charge in [0.05, 0.1) is 17.1 Å². The molecule has 1 N–H and O–H groups in total. The number of rotatable bonds is 9. The highest BCUT2D eigenvalue weighted by molar-refractivity contribution is 7.92. The fourth-order valence-electron chi connectivity index (χ4n) is 4.09. The van der Waals surface area contributed by atoms with E-state index in [9.17, 15) is 18.3 Å². The minimum Gasteiger partial charge on any atom is -0.488 e. The number of nitrogens with zero attached hydrogens (tertiary/aromatic N) is 1. The van der Waals surface area contributed by atoms with Crippen LogP contribution in [0.25, 0.3) is 10.8 Å². The number of sulfone groups is 1. The molecule has 0 saturated heterocycles. The highest BCUT2D eigenvalue weighted by Crippen LogP contribution is 2.36. The second-order valence-corrected chi connectivity index (χ2v) is 12.4. The van der Waals surface area contributed by atoms with Crippen LogP contribution in [0.5, 0.6) is 5.75 Å². The van der Waals surface area contributed by atoms with Gasteiger partial charge in [-0.15, -0.1) is 0 Å². The van der Waals surface area contributed by atoms with Gasteiger partial charge < -0.3 is 14.6 Å². The topological polar surface area (TPSA) is 93.1 Å². The number of aliphatic hydroxyl groups is 1. The fraction of sp³-hybridized carbons (Fsp3) is 0.258. The van der Waals surface area contributed by atoms with Crippen LogP contribution < -0.4 is 9.64 Å². The molecule has 4 aromatic rings. The van der Waals surface area contributed by atoms with E-state index in [2.05, 4.69) is 0 Å². The van der Waals surface area contributed by atoms with Crippen molar-refractivity contribution < 1.29 is 36.6 Å². The smallest absolute Gasteiger partial charge is 0.414 e. The molecule has 1 amide bonds. The van der Waals surface area contributed by atoms with Gasteiger partial charge >= 0.3 is 11.3 Å². The summed E-state index contributed by atoms with van der Waals surface area (Å²) in [4.78, 5) is 13.5. The standard InChI is InChI=1S/C31H31F2NO6S/c1-30(2,3)40-29(36)34(20-28(35)31(32,33)41(37,38)25-15-8-5-9-16-25)24-18-23-14-10-11-17-26(23)27(19-24)39-21-22-12-6-4-7-13-22/h4-19,28,35H,20-21H2,1-3H3. The number of alkyl halides is 2. The number of carbonyl (C=O) groups is 1. The van der Waals surface area contributed by atoms with Crippen LogP contribution in [0.15, 0.2) is 102 Å². The van der Waals surface area contributed by atoms with Gasteiger partial charge in [-0.05, 0) is 49.9 Å². The van der Waals surface area contributed by atoms with Crippen LogP contribution in [0.2, 0.25) is 0 Å². The number of ether oxygens (including phenoxy) is 2. The molecule has 0 spiro atoms. The second kappa shape index (κ2) is 11.8. The first-order valence-electron chi connectivity index (χ1n) is 12.9. The fourth-order valence-corrected chi connectivity index (χ4v) is 5.35. The van der Waals surface area contributed by atoms with Gasteiger partial charge in [0.15, 0.2) is 6.10 Å². The van der Waals surface area contributed by atoms with E-state index in [1.165, 1.54) is 24.3 Å². The zero-order valence-electron chi connectivity index (χ0n) is 22.8. The van der Waals surface area contributed by atoms with Crippen molar-refractivity contribution in [2.75, 3.05) is 11.4 Å². The molecule has 0 aliphatic rings. The predicted molar refractivity (Wildman–Crippen MR) is 153 cm³/mol. The van der Waals surface area contributed by atoms with Crippen LogP contribution >= 0.6 is 0 Å². The van der Waals surface area contributed by atoms with Gasteiger partial charge in [0.25, 0.3) is 0 Å². The highest BCUT2D eigenvalue weighted by Gasteiger charge is 2.53. The monoisotopic (exact) mass is 583 g/mol. The molecule has 10 heteroatoms. The Morgan fingerprint density at radius 1 is 0.902 bits per heavy atom. The molecule has 1 unspecified atom stereocenters. The van der Waals surface area contributed by atoms with Crippen LogP contribution in [-0.2, 0) is 21.2 Å². The van der Waals surface area contributed by atoms with Crippen LogP contribution in [0.4, 0.5) is 19.3 Å². The SMILES string of the molecule is CC(C)(C)OC(=O)N(CC(O)C(F)(F)S(=O)(=O)c1ccccc1)c1cc(OCc2ccccc2)c2ccccc2c1. The first-order valence-corrected chi connectivity index (χ1v) is 14.3. The molecular weight excluding hydrogens is 552 g/mol. The Morgan fingerprint density at radius 2 is 1.49 bits per heavy atom. The number of benzene rings is 4. The number of carbonyl (C=O) groups excluding carboxylic acids is 1. The Kier molecular flexibility index (Phi) is 8.65. The van der Waals surface area contributed by atoms with Crippen molar-refractivity contribution in [3.05, 3.63) is 103 Å². The first-order chi connectivity index (χ1) is 19.3. The summed E-state index contributed by atoms with van der Waals surface area (Å²) < 4.78 is 67.8. The molecule has 4 aromatic carbocycles. The molecular formula is C31H31F2NO6S. The maximum Gasteiger partial charge on any atom is 0.414 e. The first kappa shape index (κ1) is 30.0. The predicted octanol–water partition coefficient (Wildman–Crippen LogP) is 6.59. The maximum absolute atomic E-state index is 15.4. The van der Waals surface area contributed by atoms with Crippen molar-refractivity contribution >= 4 is 32.4 Å². The van der Waals surface area contributed by atoms with Crippen LogP contribution in [0.1, 0.15) is 26.3 Å². The van der Waals surface area contributed by atoms with E-state index in [0.29, 0.717) is 16.5 Å². The normalized spacial score (nSPS) is 13.0. The molecule has 0 heterocycles. The lowest BCUT2D eigenvalue weighted by molar-refractivity contribution is -0.0376. The summed E-state index contributed by atoms with van der Waals surface area (Å²) in [6.45, 7) is 3.91. The maximum atomic E-state index is 15.4. The molecule has 4 rings (SSSR count). The number of fused-ring (bicyclic) bond motifs is 1. The molecule has 0 fully saturated rings. The summed E-state index contributed by atoms with van der Waals surface area (Å²) in [6, 6.07) is 25.6. The van der Waals surface area contributed by atoms with Crippen LogP contribution in [0.3, 0.4) is 0 Å². The molecule has 7 nitrogen and oxygen atoms in total. The molecule has 0 saturated carbocycles. The number of halogens is 2. The van der Waals surface area contributed by atoms with Crippen molar-refractivity contribution in [2.45, 2.75) is 49.2 Å². The van der Waals surface area contributed by atoms with E-state index in [1.807, 2.05) is 42.5 Å². The summed E-state index contributed by atoms with van der Waals surface area (Å²) in [7, 11) is -5.30. The summed E-state index contributed by atoms with van der Waals surface area (Å²) in [5, 5.41) is 7.38. The van der Waals surface area contributed by atoms with Crippen molar-refractivity contribution in [3.63, 3.8) is 0 Å². The zero-order valence-corrected chi connectivity index (χ0v) is 23.6.